The quantitative estimate of drug-likeness (QED) is 0.752. The predicted molar refractivity (Wildman–Crippen MR) is 86.6 cm³/mol. The second-order valence-electron chi connectivity index (χ2n) is 5.43. The summed E-state index contributed by atoms with van der Waals surface area (Å²) in [6, 6.07) is 3.45. The van der Waals surface area contributed by atoms with Crippen molar-refractivity contribution in [3.8, 4) is 5.75 Å². The summed E-state index contributed by atoms with van der Waals surface area (Å²) in [6.07, 6.45) is 5.30. The van der Waals surface area contributed by atoms with E-state index in [2.05, 4.69) is 4.98 Å². The van der Waals surface area contributed by atoms with Gasteiger partial charge in [-0.05, 0) is 26.0 Å². The maximum absolute atomic E-state index is 12.3. The zero-order chi connectivity index (χ0) is 16.6. The van der Waals surface area contributed by atoms with Crippen molar-refractivity contribution in [2.75, 3.05) is 6.61 Å². The third-order valence-electron chi connectivity index (χ3n) is 3.99. The Kier molecular flexibility index (Phi) is 3.82. The van der Waals surface area contributed by atoms with Crippen LogP contribution in [-0.2, 0) is 18.3 Å². The molecule has 0 aliphatic carbocycles. The Morgan fingerprint density at radius 1 is 1.39 bits per heavy atom. The first-order chi connectivity index (χ1) is 11.0. The van der Waals surface area contributed by atoms with E-state index in [1.54, 1.807) is 31.5 Å². The number of rotatable bonds is 4. The predicted octanol–water partition coefficient (Wildman–Crippen LogP) is 2.61. The van der Waals surface area contributed by atoms with Gasteiger partial charge in [-0.15, -0.1) is 0 Å². The monoisotopic (exact) mass is 313 g/mol. The Labute approximate surface area is 133 Å². The number of aryl methyl sites for hydroxylation is 2. The van der Waals surface area contributed by atoms with Crippen LogP contribution in [0.15, 0.2) is 30.7 Å². The van der Waals surface area contributed by atoms with E-state index in [9.17, 15) is 9.90 Å². The molecule has 0 saturated heterocycles. The molecule has 3 rings (SSSR count). The molecule has 0 saturated carbocycles. The van der Waals surface area contributed by atoms with Crippen molar-refractivity contribution < 1.29 is 14.6 Å². The van der Waals surface area contributed by atoms with Crippen LogP contribution >= 0.6 is 0 Å². The molecular formula is C17H19N3O3. The van der Waals surface area contributed by atoms with E-state index in [0.29, 0.717) is 24.3 Å². The highest BCUT2D eigenvalue weighted by Gasteiger charge is 2.20. The maximum atomic E-state index is 12.3. The van der Waals surface area contributed by atoms with E-state index in [1.807, 2.05) is 29.3 Å². The molecule has 0 fully saturated rings. The number of esters is 1. The standard InChI is InChI=1S/C17H19N3O3/c1-4-23-17(22)13-9-19(3)14-5-6-15(21)12(16(13)14)10-20-8-7-18-11(20)2/h5-9,21H,4,10H2,1-3H3. The number of ether oxygens (including phenoxy) is 1. The lowest BCUT2D eigenvalue weighted by molar-refractivity contribution is 0.0528. The molecule has 1 N–H and O–H groups in total. The molecule has 0 unspecified atom stereocenters. The number of carbonyl (C=O) groups excluding carboxylic acids is 1. The zero-order valence-electron chi connectivity index (χ0n) is 13.4. The molecule has 0 atom stereocenters. The molecule has 6 heteroatoms. The fourth-order valence-corrected chi connectivity index (χ4v) is 2.81. The van der Waals surface area contributed by atoms with E-state index in [-0.39, 0.29) is 11.7 Å². The molecular weight excluding hydrogens is 294 g/mol. The number of imidazole rings is 1. The highest BCUT2D eigenvalue weighted by molar-refractivity contribution is 6.06. The van der Waals surface area contributed by atoms with Crippen molar-refractivity contribution in [3.63, 3.8) is 0 Å². The third-order valence-corrected chi connectivity index (χ3v) is 3.99. The number of hydrogen-bond acceptors (Lipinski definition) is 4. The second-order valence-corrected chi connectivity index (χ2v) is 5.43. The van der Waals surface area contributed by atoms with Gasteiger partial charge in [0.2, 0.25) is 0 Å². The van der Waals surface area contributed by atoms with Gasteiger partial charge in [0.25, 0.3) is 0 Å². The second kappa shape index (κ2) is 5.79. The van der Waals surface area contributed by atoms with Gasteiger partial charge in [-0.2, -0.15) is 0 Å². The number of phenolic OH excluding ortho intramolecular Hbond substituents is 1. The number of aromatic nitrogens is 3. The Bertz CT molecular complexity index is 877. The van der Waals surface area contributed by atoms with Crippen LogP contribution in [0.5, 0.6) is 5.75 Å². The number of aromatic hydroxyl groups is 1. The number of carbonyl (C=O) groups is 1. The van der Waals surface area contributed by atoms with Gasteiger partial charge in [-0.25, -0.2) is 9.78 Å². The number of nitrogens with zero attached hydrogens (tertiary/aromatic N) is 3. The van der Waals surface area contributed by atoms with Crippen LogP contribution in [0.3, 0.4) is 0 Å². The Morgan fingerprint density at radius 2 is 2.17 bits per heavy atom. The van der Waals surface area contributed by atoms with Crippen LogP contribution < -0.4 is 0 Å². The van der Waals surface area contributed by atoms with Gasteiger partial charge in [0.1, 0.15) is 11.6 Å². The van der Waals surface area contributed by atoms with Crippen molar-refractivity contribution in [1.82, 2.24) is 14.1 Å². The first kappa shape index (κ1) is 15.1. The zero-order valence-corrected chi connectivity index (χ0v) is 13.4. The number of phenols is 1. The molecule has 0 aliphatic heterocycles. The van der Waals surface area contributed by atoms with Crippen molar-refractivity contribution in [2.45, 2.75) is 20.4 Å². The SMILES string of the molecule is CCOC(=O)c1cn(C)c2ccc(O)c(Cn3ccnc3C)c12. The molecule has 0 amide bonds. The van der Waals surface area contributed by atoms with Crippen LogP contribution in [0, 0.1) is 6.92 Å². The summed E-state index contributed by atoms with van der Waals surface area (Å²) in [5.41, 5.74) is 2.03. The molecule has 23 heavy (non-hydrogen) atoms. The molecule has 6 nitrogen and oxygen atoms in total. The molecule has 0 spiro atoms. The lowest BCUT2D eigenvalue weighted by Crippen LogP contribution is -2.06. The molecule has 120 valence electrons. The van der Waals surface area contributed by atoms with Crippen molar-refractivity contribution >= 4 is 16.9 Å². The minimum Gasteiger partial charge on any atom is -0.508 e. The van der Waals surface area contributed by atoms with Crippen LogP contribution in [0.25, 0.3) is 10.9 Å². The van der Waals surface area contributed by atoms with Gasteiger partial charge in [0.05, 0.1) is 18.7 Å². The highest BCUT2D eigenvalue weighted by Crippen LogP contribution is 2.32. The van der Waals surface area contributed by atoms with Gasteiger partial charge in [-0.1, -0.05) is 0 Å². The fourth-order valence-electron chi connectivity index (χ4n) is 2.81. The number of fused-ring (bicyclic) bond motifs is 1. The molecule has 2 aromatic heterocycles. The van der Waals surface area contributed by atoms with Crippen LogP contribution in [0.4, 0.5) is 0 Å². The molecule has 0 radical (unpaired) electrons. The van der Waals surface area contributed by atoms with Crippen molar-refractivity contribution in [1.29, 1.82) is 0 Å². The highest BCUT2D eigenvalue weighted by atomic mass is 16.5. The fraction of sp³-hybridized carbons (Fsp3) is 0.294. The number of hydrogen-bond donors (Lipinski definition) is 1. The first-order valence-electron chi connectivity index (χ1n) is 7.47. The van der Waals surface area contributed by atoms with E-state index < -0.39 is 0 Å². The molecule has 2 heterocycles. The van der Waals surface area contributed by atoms with Crippen LogP contribution in [0.1, 0.15) is 28.7 Å². The summed E-state index contributed by atoms with van der Waals surface area (Å²) in [5.74, 6) is 0.615. The normalized spacial score (nSPS) is 11.1. The van der Waals surface area contributed by atoms with Gasteiger partial charge in [0, 0.05) is 42.1 Å². The summed E-state index contributed by atoms with van der Waals surface area (Å²) in [5, 5.41) is 11.1. The van der Waals surface area contributed by atoms with E-state index in [1.165, 1.54) is 0 Å². The molecule has 0 bridgehead atoms. The molecule has 0 aliphatic rings. The topological polar surface area (TPSA) is 69.3 Å². The summed E-state index contributed by atoms with van der Waals surface area (Å²) >= 11 is 0. The van der Waals surface area contributed by atoms with Crippen LogP contribution in [-0.4, -0.2) is 31.8 Å². The van der Waals surface area contributed by atoms with Crippen molar-refractivity contribution in [2.24, 2.45) is 7.05 Å². The van der Waals surface area contributed by atoms with E-state index in [0.717, 1.165) is 16.7 Å². The maximum Gasteiger partial charge on any atom is 0.340 e. The summed E-state index contributed by atoms with van der Waals surface area (Å²) in [6.45, 7) is 4.42. The molecule has 1 aromatic carbocycles. The first-order valence-corrected chi connectivity index (χ1v) is 7.47. The Balaban J connectivity index is 2.21. The van der Waals surface area contributed by atoms with Gasteiger partial charge in [0.15, 0.2) is 0 Å². The van der Waals surface area contributed by atoms with Crippen molar-refractivity contribution in [3.05, 3.63) is 47.7 Å². The Morgan fingerprint density at radius 3 is 2.83 bits per heavy atom. The average Bonchev–Trinajstić information content (AvgIpc) is 3.06. The van der Waals surface area contributed by atoms with E-state index >= 15 is 0 Å². The summed E-state index contributed by atoms with van der Waals surface area (Å²) in [7, 11) is 1.87. The van der Waals surface area contributed by atoms with Gasteiger partial charge >= 0.3 is 5.97 Å². The van der Waals surface area contributed by atoms with Crippen LogP contribution in [0.2, 0.25) is 0 Å². The average molecular weight is 313 g/mol. The lowest BCUT2D eigenvalue weighted by atomic mass is 10.0. The van der Waals surface area contributed by atoms with Gasteiger partial charge < -0.3 is 19.0 Å². The summed E-state index contributed by atoms with van der Waals surface area (Å²) < 4.78 is 8.94. The minimum absolute atomic E-state index is 0.155. The summed E-state index contributed by atoms with van der Waals surface area (Å²) in [4.78, 5) is 16.5. The van der Waals surface area contributed by atoms with E-state index in [4.69, 9.17) is 4.74 Å². The largest absolute Gasteiger partial charge is 0.508 e. The minimum atomic E-state index is -0.382. The lowest BCUT2D eigenvalue weighted by Gasteiger charge is -2.11. The third kappa shape index (κ3) is 2.56. The smallest absolute Gasteiger partial charge is 0.340 e. The Hall–Kier alpha value is -2.76. The molecule has 3 aromatic rings. The van der Waals surface area contributed by atoms with Gasteiger partial charge in [-0.3, -0.25) is 0 Å². The number of benzene rings is 1.